The molecule has 1 atom stereocenters. The van der Waals surface area contributed by atoms with E-state index in [1.165, 1.54) is 13.2 Å². The molecule has 2 N–H and O–H groups in total. The summed E-state index contributed by atoms with van der Waals surface area (Å²) in [6.07, 6.45) is 1.75. The van der Waals surface area contributed by atoms with Crippen LogP contribution in [-0.4, -0.2) is 7.11 Å². The molecule has 1 aromatic carbocycles. The van der Waals surface area contributed by atoms with Crippen LogP contribution in [0.1, 0.15) is 31.4 Å². The summed E-state index contributed by atoms with van der Waals surface area (Å²) in [5.41, 5.74) is 6.38. The van der Waals surface area contributed by atoms with Gasteiger partial charge in [-0.3, -0.25) is 0 Å². The summed E-state index contributed by atoms with van der Waals surface area (Å²) < 4.78 is 18.4. The minimum atomic E-state index is -0.287. The van der Waals surface area contributed by atoms with Crippen molar-refractivity contribution in [2.75, 3.05) is 7.11 Å². The molecule has 0 bridgehead atoms. The van der Waals surface area contributed by atoms with E-state index in [1.807, 2.05) is 6.92 Å². The van der Waals surface area contributed by atoms with Crippen LogP contribution in [0.15, 0.2) is 18.2 Å². The van der Waals surface area contributed by atoms with Crippen molar-refractivity contribution in [1.82, 2.24) is 0 Å². The van der Waals surface area contributed by atoms with Crippen LogP contribution in [0.5, 0.6) is 5.75 Å². The van der Waals surface area contributed by atoms with Gasteiger partial charge in [-0.25, -0.2) is 4.39 Å². The van der Waals surface area contributed by atoms with Gasteiger partial charge < -0.3 is 10.5 Å². The van der Waals surface area contributed by atoms with Crippen LogP contribution in [0.2, 0.25) is 0 Å². The third kappa shape index (κ3) is 3.68. The number of hydrogen-bond donors (Lipinski definition) is 1. The minimum Gasteiger partial charge on any atom is -0.497 e. The predicted octanol–water partition coefficient (Wildman–Crippen LogP) is 3.06. The van der Waals surface area contributed by atoms with Gasteiger partial charge in [0.05, 0.1) is 7.11 Å². The monoisotopic (exact) mass is 233 g/mol. The number of ether oxygens (including phenoxy) is 1. The Morgan fingerprint density at radius 3 is 2.60 bits per heavy atom. The van der Waals surface area contributed by atoms with Crippen molar-refractivity contribution in [2.45, 2.75) is 25.8 Å². The maximum absolute atomic E-state index is 13.5. The van der Waals surface area contributed by atoms with Gasteiger partial charge in [0, 0.05) is 17.7 Å². The summed E-state index contributed by atoms with van der Waals surface area (Å²) in [4.78, 5) is 0. The molecular formula is C11H17ClFNO. The second-order valence-electron chi connectivity index (χ2n) is 3.28. The summed E-state index contributed by atoms with van der Waals surface area (Å²) in [6, 6.07) is 4.57. The standard InChI is InChI=1S/C11H16FNO.ClH/c1-3-4-11(13)9-6-5-8(14-2)7-10(9)12;/h5-7,11H,3-4,13H2,1-2H3;1H/t11-;/m1./s1. The lowest BCUT2D eigenvalue weighted by Crippen LogP contribution is -2.11. The first kappa shape index (κ1) is 14.2. The first-order valence-electron chi connectivity index (χ1n) is 4.78. The Balaban J connectivity index is 0.00000196. The first-order valence-corrected chi connectivity index (χ1v) is 4.78. The van der Waals surface area contributed by atoms with E-state index in [0.29, 0.717) is 11.3 Å². The van der Waals surface area contributed by atoms with Gasteiger partial charge in [-0.1, -0.05) is 19.4 Å². The maximum atomic E-state index is 13.5. The fourth-order valence-corrected chi connectivity index (χ4v) is 1.40. The van der Waals surface area contributed by atoms with Gasteiger partial charge in [-0.15, -0.1) is 12.4 Å². The van der Waals surface area contributed by atoms with Crippen molar-refractivity contribution in [2.24, 2.45) is 5.73 Å². The highest BCUT2D eigenvalue weighted by Crippen LogP contribution is 2.22. The van der Waals surface area contributed by atoms with Gasteiger partial charge in [-0.2, -0.15) is 0 Å². The van der Waals surface area contributed by atoms with Crippen molar-refractivity contribution in [3.63, 3.8) is 0 Å². The molecule has 86 valence electrons. The molecule has 0 saturated heterocycles. The summed E-state index contributed by atoms with van der Waals surface area (Å²) in [6.45, 7) is 2.03. The molecule has 0 aliphatic rings. The molecule has 2 nitrogen and oxygen atoms in total. The second-order valence-corrected chi connectivity index (χ2v) is 3.28. The van der Waals surface area contributed by atoms with Crippen molar-refractivity contribution in [3.8, 4) is 5.75 Å². The molecule has 1 rings (SSSR count). The van der Waals surface area contributed by atoms with E-state index in [-0.39, 0.29) is 24.3 Å². The molecule has 0 aliphatic carbocycles. The van der Waals surface area contributed by atoms with E-state index in [1.54, 1.807) is 12.1 Å². The summed E-state index contributed by atoms with van der Waals surface area (Å²) in [7, 11) is 1.51. The zero-order valence-corrected chi connectivity index (χ0v) is 9.81. The number of halogens is 2. The van der Waals surface area contributed by atoms with E-state index in [4.69, 9.17) is 10.5 Å². The SMILES string of the molecule is CCC[C@@H](N)c1ccc(OC)cc1F.Cl. The maximum Gasteiger partial charge on any atom is 0.131 e. The highest BCUT2D eigenvalue weighted by molar-refractivity contribution is 5.85. The number of nitrogens with two attached hydrogens (primary N) is 1. The third-order valence-electron chi connectivity index (χ3n) is 2.21. The Labute approximate surface area is 96.0 Å². The van der Waals surface area contributed by atoms with Crippen molar-refractivity contribution in [3.05, 3.63) is 29.6 Å². The van der Waals surface area contributed by atoms with Crippen LogP contribution < -0.4 is 10.5 Å². The topological polar surface area (TPSA) is 35.2 Å². The van der Waals surface area contributed by atoms with Crippen LogP contribution >= 0.6 is 12.4 Å². The van der Waals surface area contributed by atoms with Gasteiger partial charge >= 0.3 is 0 Å². The highest BCUT2D eigenvalue weighted by atomic mass is 35.5. The quantitative estimate of drug-likeness (QED) is 0.868. The Morgan fingerprint density at radius 2 is 2.13 bits per heavy atom. The lowest BCUT2D eigenvalue weighted by Gasteiger charge is -2.12. The van der Waals surface area contributed by atoms with Crippen LogP contribution in [0.4, 0.5) is 4.39 Å². The second kappa shape index (κ2) is 6.64. The van der Waals surface area contributed by atoms with Gasteiger partial charge in [0.2, 0.25) is 0 Å². The fourth-order valence-electron chi connectivity index (χ4n) is 1.40. The molecule has 0 amide bonds. The number of methoxy groups -OCH3 is 1. The average Bonchev–Trinajstić information content (AvgIpc) is 2.17. The average molecular weight is 234 g/mol. The van der Waals surface area contributed by atoms with E-state index in [0.717, 1.165) is 12.8 Å². The molecule has 0 radical (unpaired) electrons. The van der Waals surface area contributed by atoms with Crippen LogP contribution in [-0.2, 0) is 0 Å². The molecule has 0 spiro atoms. The normalized spacial score (nSPS) is 11.7. The molecule has 1 aromatic rings. The van der Waals surface area contributed by atoms with Crippen molar-refractivity contribution in [1.29, 1.82) is 0 Å². The predicted molar refractivity (Wildman–Crippen MR) is 62.0 cm³/mol. The molecule has 0 fully saturated rings. The van der Waals surface area contributed by atoms with Crippen molar-refractivity contribution < 1.29 is 9.13 Å². The van der Waals surface area contributed by atoms with Gasteiger partial charge in [0.25, 0.3) is 0 Å². The van der Waals surface area contributed by atoms with Gasteiger partial charge in [-0.05, 0) is 12.5 Å². The number of benzene rings is 1. The molecule has 0 aliphatic heterocycles. The van der Waals surface area contributed by atoms with Gasteiger partial charge in [0.1, 0.15) is 11.6 Å². The number of hydrogen-bond acceptors (Lipinski definition) is 2. The Morgan fingerprint density at radius 1 is 1.47 bits per heavy atom. The zero-order chi connectivity index (χ0) is 10.6. The molecule has 0 saturated carbocycles. The summed E-state index contributed by atoms with van der Waals surface area (Å²) in [5, 5.41) is 0. The molecule has 15 heavy (non-hydrogen) atoms. The zero-order valence-electron chi connectivity index (χ0n) is 9.00. The Kier molecular flexibility index (Phi) is 6.29. The Bertz CT molecular complexity index is 307. The van der Waals surface area contributed by atoms with E-state index in [9.17, 15) is 4.39 Å². The van der Waals surface area contributed by atoms with Crippen molar-refractivity contribution >= 4 is 12.4 Å². The first-order chi connectivity index (χ1) is 6.69. The third-order valence-corrected chi connectivity index (χ3v) is 2.21. The van der Waals surface area contributed by atoms with Gasteiger partial charge in [0.15, 0.2) is 0 Å². The van der Waals surface area contributed by atoms with E-state index >= 15 is 0 Å². The van der Waals surface area contributed by atoms with E-state index in [2.05, 4.69) is 0 Å². The molecule has 0 unspecified atom stereocenters. The molecule has 0 aromatic heterocycles. The largest absolute Gasteiger partial charge is 0.497 e. The molecular weight excluding hydrogens is 217 g/mol. The molecule has 0 heterocycles. The number of rotatable bonds is 4. The minimum absolute atomic E-state index is 0. The fraction of sp³-hybridized carbons (Fsp3) is 0.455. The summed E-state index contributed by atoms with van der Waals surface area (Å²) in [5.74, 6) is 0.236. The Hall–Kier alpha value is -0.800. The van der Waals surface area contributed by atoms with Crippen LogP contribution in [0, 0.1) is 5.82 Å². The molecule has 4 heteroatoms. The van der Waals surface area contributed by atoms with E-state index < -0.39 is 0 Å². The summed E-state index contributed by atoms with van der Waals surface area (Å²) >= 11 is 0. The lowest BCUT2D eigenvalue weighted by molar-refractivity contribution is 0.410. The lowest BCUT2D eigenvalue weighted by atomic mass is 10.0. The van der Waals surface area contributed by atoms with Crippen LogP contribution in [0.25, 0.3) is 0 Å². The van der Waals surface area contributed by atoms with Crippen LogP contribution in [0.3, 0.4) is 0 Å². The highest BCUT2D eigenvalue weighted by Gasteiger charge is 2.10. The smallest absolute Gasteiger partial charge is 0.131 e.